The van der Waals surface area contributed by atoms with E-state index in [2.05, 4.69) is 15.8 Å². The maximum absolute atomic E-state index is 13.1. The summed E-state index contributed by atoms with van der Waals surface area (Å²) in [4.78, 5) is 25.8. The average molecular weight is 478 g/mol. The molecule has 3 aromatic rings. The van der Waals surface area contributed by atoms with Gasteiger partial charge < -0.3 is 23.9 Å². The van der Waals surface area contributed by atoms with Gasteiger partial charge in [0.25, 0.3) is 11.8 Å². The molecular weight excluding hydrogens is 450 g/mol. The lowest BCUT2D eigenvalue weighted by molar-refractivity contribution is 0.0950. The molecule has 0 spiro atoms. The van der Waals surface area contributed by atoms with Gasteiger partial charge in [0, 0.05) is 23.6 Å². The first-order valence-corrected chi connectivity index (χ1v) is 11.1. The minimum Gasteiger partial charge on any atom is -0.497 e. The van der Waals surface area contributed by atoms with E-state index in [1.54, 1.807) is 49.6 Å². The third-order valence-corrected chi connectivity index (χ3v) is 5.83. The molecule has 9 nitrogen and oxygen atoms in total. The van der Waals surface area contributed by atoms with E-state index >= 15 is 0 Å². The molecule has 1 aromatic heterocycles. The molecule has 0 radical (unpaired) electrons. The monoisotopic (exact) mass is 477 g/mol. The van der Waals surface area contributed by atoms with Gasteiger partial charge in [-0.15, -0.1) is 0 Å². The fourth-order valence-corrected chi connectivity index (χ4v) is 4.09. The van der Waals surface area contributed by atoms with Gasteiger partial charge in [-0.05, 0) is 44.0 Å². The van der Waals surface area contributed by atoms with Crippen molar-refractivity contribution in [2.24, 2.45) is 5.10 Å². The fourth-order valence-electron chi connectivity index (χ4n) is 4.09. The number of hydrazone groups is 1. The molecule has 0 bridgehead atoms. The molecule has 2 aromatic carbocycles. The Morgan fingerprint density at radius 1 is 0.943 bits per heavy atom. The van der Waals surface area contributed by atoms with Crippen molar-refractivity contribution >= 4 is 23.2 Å². The van der Waals surface area contributed by atoms with Crippen LogP contribution in [-0.2, 0) is 6.42 Å². The maximum Gasteiger partial charge on any atom is 0.291 e. The van der Waals surface area contributed by atoms with E-state index in [1.807, 2.05) is 6.92 Å². The number of aryl methyl sites for hydroxylation is 1. The molecule has 1 aliphatic carbocycles. The number of anilines is 1. The molecule has 4 rings (SSSR count). The maximum atomic E-state index is 13.1. The van der Waals surface area contributed by atoms with Gasteiger partial charge in [0.2, 0.25) is 0 Å². The highest BCUT2D eigenvalue weighted by molar-refractivity contribution is 6.10. The third kappa shape index (κ3) is 4.84. The van der Waals surface area contributed by atoms with Crippen LogP contribution in [0.5, 0.6) is 17.2 Å². The Balaban J connectivity index is 1.58. The number of benzene rings is 2. The Morgan fingerprint density at radius 3 is 2.46 bits per heavy atom. The zero-order chi connectivity index (χ0) is 24.9. The number of para-hydroxylation sites is 1. The van der Waals surface area contributed by atoms with E-state index in [0.717, 1.165) is 12.0 Å². The lowest BCUT2D eigenvalue weighted by Crippen LogP contribution is -2.22. The molecule has 0 unspecified atom stereocenters. The molecule has 2 amide bonds. The SMILES string of the molecule is COc1ccc(NC(=O)c2oc3c(c2C)/C(=N/NC(=O)c2ccccc2OC)CCC3)c(OC)c1. The quantitative estimate of drug-likeness (QED) is 0.490. The number of nitrogens with zero attached hydrogens (tertiary/aromatic N) is 1. The van der Waals surface area contributed by atoms with Gasteiger partial charge in [-0.2, -0.15) is 5.10 Å². The van der Waals surface area contributed by atoms with Crippen LogP contribution in [0.4, 0.5) is 5.69 Å². The number of carbonyl (C=O) groups excluding carboxylic acids is 2. The second kappa shape index (κ2) is 10.3. The number of hydrogen-bond acceptors (Lipinski definition) is 7. The summed E-state index contributed by atoms with van der Waals surface area (Å²) in [6, 6.07) is 12.0. The molecule has 35 heavy (non-hydrogen) atoms. The number of nitrogens with one attached hydrogen (secondary N) is 2. The van der Waals surface area contributed by atoms with Gasteiger partial charge in [0.05, 0.1) is 38.3 Å². The molecule has 1 aliphatic rings. The first kappa shape index (κ1) is 23.9. The minimum atomic E-state index is -0.405. The van der Waals surface area contributed by atoms with Crippen LogP contribution in [0.1, 0.15) is 50.6 Å². The summed E-state index contributed by atoms with van der Waals surface area (Å²) in [6.45, 7) is 1.81. The van der Waals surface area contributed by atoms with Crippen molar-refractivity contribution in [2.75, 3.05) is 26.6 Å². The van der Waals surface area contributed by atoms with Gasteiger partial charge in [-0.3, -0.25) is 9.59 Å². The van der Waals surface area contributed by atoms with E-state index in [9.17, 15) is 9.59 Å². The Bertz CT molecular complexity index is 1290. The summed E-state index contributed by atoms with van der Waals surface area (Å²) in [5.74, 6) is 1.62. The number of rotatable bonds is 7. The second-order valence-corrected chi connectivity index (χ2v) is 7.93. The normalized spacial score (nSPS) is 13.7. The largest absolute Gasteiger partial charge is 0.497 e. The van der Waals surface area contributed by atoms with Crippen molar-refractivity contribution in [1.29, 1.82) is 0 Å². The van der Waals surface area contributed by atoms with Crippen LogP contribution in [0.2, 0.25) is 0 Å². The third-order valence-electron chi connectivity index (χ3n) is 5.83. The fraction of sp³-hybridized carbons (Fsp3) is 0.269. The van der Waals surface area contributed by atoms with Gasteiger partial charge in [-0.1, -0.05) is 12.1 Å². The molecule has 0 aliphatic heterocycles. The van der Waals surface area contributed by atoms with Crippen molar-refractivity contribution in [1.82, 2.24) is 5.43 Å². The number of ether oxygens (including phenoxy) is 3. The van der Waals surface area contributed by atoms with Crippen LogP contribution >= 0.6 is 0 Å². The van der Waals surface area contributed by atoms with Crippen LogP contribution in [0, 0.1) is 6.92 Å². The Hall–Kier alpha value is -4.27. The summed E-state index contributed by atoms with van der Waals surface area (Å²) in [5, 5.41) is 7.22. The van der Waals surface area contributed by atoms with Crippen LogP contribution in [-0.4, -0.2) is 38.9 Å². The number of fused-ring (bicyclic) bond motifs is 1. The average Bonchev–Trinajstić information content (AvgIpc) is 3.24. The number of hydrogen-bond donors (Lipinski definition) is 2. The van der Waals surface area contributed by atoms with Gasteiger partial charge in [0.1, 0.15) is 23.0 Å². The standard InChI is InChI=1S/C26H27N3O6/c1-15-23-19(28-29-25(30)17-8-5-6-10-20(17)33-3)9-7-11-21(23)35-24(15)26(31)27-18-13-12-16(32-2)14-22(18)34-4/h5-6,8,10,12-14H,7,9,11H2,1-4H3,(H,27,31)(H,29,30)/b28-19+. The molecule has 0 atom stereocenters. The molecule has 182 valence electrons. The summed E-state index contributed by atoms with van der Waals surface area (Å²) in [7, 11) is 4.58. The predicted molar refractivity (Wildman–Crippen MR) is 131 cm³/mol. The number of carbonyl (C=O) groups is 2. The zero-order valence-electron chi connectivity index (χ0n) is 20.1. The molecular formula is C26H27N3O6. The van der Waals surface area contributed by atoms with Crippen molar-refractivity contribution in [3.05, 3.63) is 70.7 Å². The number of amides is 2. The van der Waals surface area contributed by atoms with Crippen molar-refractivity contribution in [3.63, 3.8) is 0 Å². The Labute approximate surface area is 203 Å². The lowest BCUT2D eigenvalue weighted by Gasteiger charge is -2.14. The molecule has 1 heterocycles. The molecule has 9 heteroatoms. The number of methoxy groups -OCH3 is 3. The molecule has 0 saturated carbocycles. The highest BCUT2D eigenvalue weighted by Gasteiger charge is 2.28. The zero-order valence-corrected chi connectivity index (χ0v) is 20.1. The first-order valence-electron chi connectivity index (χ1n) is 11.1. The highest BCUT2D eigenvalue weighted by atomic mass is 16.5. The van der Waals surface area contributed by atoms with E-state index < -0.39 is 5.91 Å². The molecule has 2 N–H and O–H groups in total. The van der Waals surface area contributed by atoms with E-state index in [0.29, 0.717) is 58.4 Å². The topological polar surface area (TPSA) is 111 Å². The number of furan rings is 1. The van der Waals surface area contributed by atoms with Crippen molar-refractivity contribution in [3.8, 4) is 17.2 Å². The van der Waals surface area contributed by atoms with Crippen LogP contribution in [0.25, 0.3) is 0 Å². The lowest BCUT2D eigenvalue weighted by atomic mass is 9.93. The summed E-state index contributed by atoms with van der Waals surface area (Å²) < 4.78 is 21.8. The van der Waals surface area contributed by atoms with Crippen molar-refractivity contribution in [2.45, 2.75) is 26.2 Å². The van der Waals surface area contributed by atoms with Crippen LogP contribution in [0.3, 0.4) is 0 Å². The predicted octanol–water partition coefficient (Wildman–Crippen LogP) is 4.34. The smallest absolute Gasteiger partial charge is 0.291 e. The highest BCUT2D eigenvalue weighted by Crippen LogP contribution is 2.33. The summed E-state index contributed by atoms with van der Waals surface area (Å²) in [5.41, 5.74) is 5.57. The molecule has 0 fully saturated rings. The summed E-state index contributed by atoms with van der Waals surface area (Å²) >= 11 is 0. The van der Waals surface area contributed by atoms with E-state index in [4.69, 9.17) is 18.6 Å². The van der Waals surface area contributed by atoms with Gasteiger partial charge >= 0.3 is 0 Å². The summed E-state index contributed by atoms with van der Waals surface area (Å²) in [6.07, 6.45) is 2.11. The minimum absolute atomic E-state index is 0.193. The second-order valence-electron chi connectivity index (χ2n) is 7.93. The van der Waals surface area contributed by atoms with Crippen molar-refractivity contribution < 1.29 is 28.2 Å². The first-order chi connectivity index (χ1) is 17.0. The molecule has 0 saturated heterocycles. The van der Waals surface area contributed by atoms with Gasteiger partial charge in [-0.25, -0.2) is 5.43 Å². The van der Waals surface area contributed by atoms with Gasteiger partial charge in [0.15, 0.2) is 5.76 Å². The van der Waals surface area contributed by atoms with E-state index in [-0.39, 0.29) is 11.7 Å². The van der Waals surface area contributed by atoms with Crippen LogP contribution < -0.4 is 25.0 Å². The Kier molecular flexibility index (Phi) is 7.05. The van der Waals surface area contributed by atoms with E-state index in [1.165, 1.54) is 14.2 Å². The van der Waals surface area contributed by atoms with Crippen LogP contribution in [0.15, 0.2) is 52.0 Å². The Morgan fingerprint density at radius 2 is 1.71 bits per heavy atom.